The molecule has 2 saturated heterocycles. The minimum atomic E-state index is -1.55. The lowest BCUT2D eigenvalue weighted by atomic mass is 9.95. The van der Waals surface area contributed by atoms with Gasteiger partial charge in [-0.05, 0) is 13.8 Å². The molecule has 0 saturated carbocycles. The number of hydrogen-bond donors (Lipinski definition) is 6. The Hall–Kier alpha value is -1.34. The first kappa shape index (κ1) is 20.0. The van der Waals surface area contributed by atoms with Crippen molar-refractivity contribution < 1.29 is 44.2 Å². The van der Waals surface area contributed by atoms with Gasteiger partial charge in [0.15, 0.2) is 12.6 Å². The van der Waals surface area contributed by atoms with Gasteiger partial charge in [0.25, 0.3) is 0 Å². The zero-order valence-electron chi connectivity index (χ0n) is 13.8. The Bertz CT molecular complexity index is 468. The van der Waals surface area contributed by atoms with E-state index in [9.17, 15) is 30.0 Å². The highest BCUT2D eigenvalue weighted by atomic mass is 16.7. The van der Waals surface area contributed by atoms with Gasteiger partial charge < -0.3 is 45.3 Å². The predicted molar refractivity (Wildman–Crippen MR) is 79.8 cm³/mol. The van der Waals surface area contributed by atoms with Crippen molar-refractivity contribution in [3.8, 4) is 0 Å². The van der Waals surface area contributed by atoms with Gasteiger partial charge in [-0.15, -0.1) is 0 Å². The Morgan fingerprint density at radius 2 is 1.36 bits per heavy atom. The summed E-state index contributed by atoms with van der Waals surface area (Å²) in [6, 6.07) is -1.70. The van der Waals surface area contributed by atoms with Crippen LogP contribution in [-0.2, 0) is 23.8 Å². The number of carbonyl (C=O) groups is 2. The Morgan fingerprint density at radius 1 is 0.840 bits per heavy atom. The molecule has 0 spiro atoms. The molecule has 0 aromatic rings. The second kappa shape index (κ2) is 8.36. The highest BCUT2D eigenvalue weighted by molar-refractivity contribution is 5.47. The molecule has 0 radical (unpaired) electrons. The molecule has 0 unspecified atom stereocenters. The topological polar surface area (TPSA) is 167 Å². The summed E-state index contributed by atoms with van der Waals surface area (Å²) in [5.41, 5.74) is 0. The van der Waals surface area contributed by atoms with Crippen LogP contribution in [0.1, 0.15) is 13.8 Å². The molecule has 11 nitrogen and oxygen atoms in total. The third-order valence-corrected chi connectivity index (χ3v) is 4.51. The molecule has 0 aromatic heterocycles. The molecule has 144 valence electrons. The van der Waals surface area contributed by atoms with Gasteiger partial charge in [-0.2, -0.15) is 0 Å². The first-order valence-corrected chi connectivity index (χ1v) is 7.89. The van der Waals surface area contributed by atoms with Crippen molar-refractivity contribution in [3.05, 3.63) is 0 Å². The zero-order valence-corrected chi connectivity index (χ0v) is 13.8. The number of rotatable bonds is 6. The SMILES string of the molecule is C[C@H]1O[C@H](O[C@H]2[C@@H](O)[C@H](NC=O)[C@@H](C)O[C@@H]2O)[C@@H](O)[C@@H](O)[C@@H]1NC=O. The van der Waals surface area contributed by atoms with E-state index in [1.54, 1.807) is 13.8 Å². The molecule has 2 amide bonds. The lowest BCUT2D eigenvalue weighted by Crippen LogP contribution is -2.66. The largest absolute Gasteiger partial charge is 0.388 e. The molecule has 2 fully saturated rings. The summed E-state index contributed by atoms with van der Waals surface area (Å²) in [5, 5.41) is 45.3. The van der Waals surface area contributed by atoms with Crippen LogP contribution >= 0.6 is 0 Å². The van der Waals surface area contributed by atoms with Crippen LogP contribution in [0, 0.1) is 0 Å². The molecule has 0 aromatic carbocycles. The van der Waals surface area contributed by atoms with Gasteiger partial charge >= 0.3 is 0 Å². The lowest BCUT2D eigenvalue weighted by Gasteiger charge is -2.46. The molecule has 2 heterocycles. The van der Waals surface area contributed by atoms with Crippen LogP contribution in [-0.4, -0.2) is 94.5 Å². The van der Waals surface area contributed by atoms with Crippen LogP contribution in [0.4, 0.5) is 0 Å². The number of amides is 2. The Balaban J connectivity index is 2.09. The van der Waals surface area contributed by atoms with E-state index in [0.717, 1.165) is 0 Å². The molecule has 2 rings (SSSR count). The quantitative estimate of drug-likeness (QED) is 0.259. The second-order valence-corrected chi connectivity index (χ2v) is 6.13. The molecule has 0 bridgehead atoms. The van der Waals surface area contributed by atoms with Gasteiger partial charge in [0.2, 0.25) is 12.8 Å². The molecule has 25 heavy (non-hydrogen) atoms. The van der Waals surface area contributed by atoms with Gasteiger partial charge in [-0.25, -0.2) is 0 Å². The summed E-state index contributed by atoms with van der Waals surface area (Å²) in [6.07, 6.45) is -9.20. The van der Waals surface area contributed by atoms with Crippen molar-refractivity contribution in [2.24, 2.45) is 0 Å². The predicted octanol–water partition coefficient (Wildman–Crippen LogP) is -3.83. The molecular weight excluding hydrogens is 340 g/mol. The third-order valence-electron chi connectivity index (χ3n) is 4.51. The molecule has 2 aliphatic heterocycles. The van der Waals surface area contributed by atoms with E-state index >= 15 is 0 Å². The normalized spacial score (nSPS) is 47.8. The minimum Gasteiger partial charge on any atom is -0.388 e. The van der Waals surface area contributed by atoms with Crippen molar-refractivity contribution in [1.29, 1.82) is 0 Å². The van der Waals surface area contributed by atoms with Crippen LogP contribution in [0.15, 0.2) is 0 Å². The number of carbonyl (C=O) groups excluding carboxylic acids is 2. The van der Waals surface area contributed by atoms with Crippen LogP contribution in [0.25, 0.3) is 0 Å². The molecule has 0 aliphatic carbocycles. The number of aliphatic hydroxyl groups excluding tert-OH is 4. The Morgan fingerprint density at radius 3 is 1.92 bits per heavy atom. The summed E-state index contributed by atoms with van der Waals surface area (Å²) in [6.45, 7) is 3.10. The van der Waals surface area contributed by atoms with Crippen LogP contribution in [0.2, 0.25) is 0 Å². The summed E-state index contributed by atoms with van der Waals surface area (Å²) in [5.74, 6) is 0. The summed E-state index contributed by atoms with van der Waals surface area (Å²) < 4.78 is 16.1. The van der Waals surface area contributed by atoms with Crippen molar-refractivity contribution in [2.45, 2.75) is 75.1 Å². The minimum absolute atomic E-state index is 0.376. The van der Waals surface area contributed by atoms with Crippen molar-refractivity contribution >= 4 is 12.8 Å². The van der Waals surface area contributed by atoms with Crippen LogP contribution in [0.3, 0.4) is 0 Å². The van der Waals surface area contributed by atoms with E-state index in [2.05, 4.69) is 10.6 Å². The molecule has 6 N–H and O–H groups in total. The van der Waals surface area contributed by atoms with E-state index < -0.39 is 61.3 Å². The van der Waals surface area contributed by atoms with E-state index in [1.807, 2.05) is 0 Å². The summed E-state index contributed by atoms with van der Waals surface area (Å²) in [7, 11) is 0. The van der Waals surface area contributed by atoms with E-state index in [-0.39, 0.29) is 0 Å². The number of nitrogens with one attached hydrogen (secondary N) is 2. The lowest BCUT2D eigenvalue weighted by molar-refractivity contribution is -0.339. The smallest absolute Gasteiger partial charge is 0.207 e. The second-order valence-electron chi connectivity index (χ2n) is 6.13. The average molecular weight is 364 g/mol. The highest BCUT2D eigenvalue weighted by Gasteiger charge is 2.49. The van der Waals surface area contributed by atoms with Crippen molar-refractivity contribution in [2.75, 3.05) is 0 Å². The van der Waals surface area contributed by atoms with Gasteiger partial charge in [-0.3, -0.25) is 9.59 Å². The maximum absolute atomic E-state index is 10.7. The maximum Gasteiger partial charge on any atom is 0.207 e. The zero-order chi connectivity index (χ0) is 18.7. The van der Waals surface area contributed by atoms with E-state index in [4.69, 9.17) is 14.2 Å². The van der Waals surface area contributed by atoms with Crippen molar-refractivity contribution in [3.63, 3.8) is 0 Å². The fourth-order valence-corrected chi connectivity index (χ4v) is 3.10. The van der Waals surface area contributed by atoms with Crippen LogP contribution in [0.5, 0.6) is 0 Å². The van der Waals surface area contributed by atoms with Gasteiger partial charge in [0.1, 0.15) is 24.4 Å². The van der Waals surface area contributed by atoms with Gasteiger partial charge in [-0.1, -0.05) is 0 Å². The highest BCUT2D eigenvalue weighted by Crippen LogP contribution is 2.28. The van der Waals surface area contributed by atoms with E-state index in [0.29, 0.717) is 12.8 Å². The van der Waals surface area contributed by atoms with E-state index in [1.165, 1.54) is 0 Å². The summed E-state index contributed by atoms with van der Waals surface area (Å²) >= 11 is 0. The van der Waals surface area contributed by atoms with Crippen molar-refractivity contribution in [1.82, 2.24) is 10.6 Å². The Kier molecular flexibility index (Phi) is 6.68. The first-order valence-electron chi connectivity index (χ1n) is 7.89. The fraction of sp³-hybridized carbons (Fsp3) is 0.857. The average Bonchev–Trinajstić information content (AvgIpc) is 2.56. The Labute approximate surface area is 143 Å². The van der Waals surface area contributed by atoms with Gasteiger partial charge in [0.05, 0.1) is 24.3 Å². The first-order chi connectivity index (χ1) is 11.8. The maximum atomic E-state index is 10.7. The van der Waals surface area contributed by atoms with Gasteiger partial charge in [0, 0.05) is 0 Å². The third kappa shape index (κ3) is 4.08. The molecule has 2 aliphatic rings. The monoisotopic (exact) mass is 364 g/mol. The molecule has 10 atom stereocenters. The summed E-state index contributed by atoms with van der Waals surface area (Å²) in [4.78, 5) is 21.2. The number of aliphatic hydroxyl groups is 4. The molecular formula is C14H24N2O9. The van der Waals surface area contributed by atoms with Crippen LogP contribution < -0.4 is 10.6 Å². The number of hydrogen-bond acceptors (Lipinski definition) is 9. The number of ether oxygens (including phenoxy) is 3. The molecule has 11 heteroatoms. The standard InChI is InChI=1S/C14H24N2O9/c1-5-8(16-4-18)10(20)12(13(22)23-5)25-14-11(21)9(19)7(15-3-17)6(2)24-14/h3-14,19-22H,1-2H3,(H,15,17)(H,16,18)/t5-,6-,7-,8-,9+,10+,11+,12+,13+,14-/m1/s1. The fourth-order valence-electron chi connectivity index (χ4n) is 3.10.